The van der Waals surface area contributed by atoms with Crippen molar-refractivity contribution in [3.8, 4) is 5.75 Å². The van der Waals surface area contributed by atoms with Gasteiger partial charge in [-0.05, 0) is 37.5 Å². The average molecular weight is 523 g/mol. The number of sulfonamides is 1. The molecular formula is C28H46N2O5S. The Balaban J connectivity index is 1.67. The van der Waals surface area contributed by atoms with Crippen LogP contribution in [0.3, 0.4) is 0 Å². The number of rotatable bonds is 19. The molecule has 0 aliphatic heterocycles. The third-order valence-electron chi connectivity index (χ3n) is 6.91. The Morgan fingerprint density at radius 2 is 1.50 bits per heavy atom. The van der Waals surface area contributed by atoms with Crippen LogP contribution in [0.15, 0.2) is 23.1 Å². The van der Waals surface area contributed by atoms with E-state index in [9.17, 15) is 18.0 Å². The van der Waals surface area contributed by atoms with Gasteiger partial charge in [0.05, 0.1) is 23.1 Å². The highest BCUT2D eigenvalue weighted by atomic mass is 32.2. The van der Waals surface area contributed by atoms with Gasteiger partial charge in [0.2, 0.25) is 15.9 Å². The molecular weight excluding hydrogens is 476 g/mol. The third kappa shape index (κ3) is 11.4. The maximum Gasteiger partial charge on any atom is 0.238 e. The zero-order valence-corrected chi connectivity index (χ0v) is 22.9. The molecule has 7 nitrogen and oxygen atoms in total. The van der Waals surface area contributed by atoms with Gasteiger partial charge in [-0.2, -0.15) is 0 Å². The van der Waals surface area contributed by atoms with E-state index >= 15 is 0 Å². The maximum atomic E-state index is 12.6. The van der Waals surface area contributed by atoms with E-state index in [1.165, 1.54) is 88.8 Å². The van der Waals surface area contributed by atoms with Gasteiger partial charge in [0.25, 0.3) is 0 Å². The van der Waals surface area contributed by atoms with Crippen molar-refractivity contribution in [3.63, 3.8) is 0 Å². The summed E-state index contributed by atoms with van der Waals surface area (Å²) in [7, 11) is -3.93. The summed E-state index contributed by atoms with van der Waals surface area (Å²) >= 11 is 0. The van der Waals surface area contributed by atoms with Crippen molar-refractivity contribution in [1.82, 2.24) is 0 Å². The second kappa shape index (κ2) is 16.7. The second-order valence-corrected chi connectivity index (χ2v) is 11.6. The predicted octanol–water partition coefficient (Wildman–Crippen LogP) is 6.50. The van der Waals surface area contributed by atoms with Crippen LogP contribution >= 0.6 is 0 Å². The van der Waals surface area contributed by atoms with Crippen molar-refractivity contribution in [2.45, 2.75) is 121 Å². The van der Waals surface area contributed by atoms with E-state index < -0.39 is 21.8 Å². The summed E-state index contributed by atoms with van der Waals surface area (Å²) in [5.74, 6) is -0.817. The number of ether oxygens (including phenoxy) is 1. The van der Waals surface area contributed by atoms with E-state index in [1.54, 1.807) is 0 Å². The van der Waals surface area contributed by atoms with Gasteiger partial charge < -0.3 is 10.1 Å². The van der Waals surface area contributed by atoms with Crippen LogP contribution in [-0.4, -0.2) is 26.7 Å². The lowest BCUT2D eigenvalue weighted by Gasteiger charge is -2.15. The molecule has 0 spiro atoms. The molecule has 0 saturated heterocycles. The van der Waals surface area contributed by atoms with E-state index in [2.05, 4.69) is 12.2 Å². The molecule has 0 bridgehead atoms. The van der Waals surface area contributed by atoms with Gasteiger partial charge in [0, 0.05) is 6.42 Å². The first kappa shape index (κ1) is 30.3. The molecule has 3 N–H and O–H groups in total. The summed E-state index contributed by atoms with van der Waals surface area (Å²) in [4.78, 5) is 24.4. The number of benzene rings is 1. The van der Waals surface area contributed by atoms with Gasteiger partial charge in [0.15, 0.2) is 0 Å². The molecule has 1 amide bonds. The van der Waals surface area contributed by atoms with Crippen LogP contribution in [0.25, 0.3) is 0 Å². The number of hydrogen-bond donors (Lipinski definition) is 2. The van der Waals surface area contributed by atoms with Crippen molar-refractivity contribution >= 4 is 27.4 Å². The normalized spacial score (nSPS) is 15.8. The van der Waals surface area contributed by atoms with Crippen LogP contribution in [0.2, 0.25) is 0 Å². The van der Waals surface area contributed by atoms with Gasteiger partial charge in [-0.1, -0.05) is 90.4 Å². The Morgan fingerprint density at radius 3 is 2.00 bits per heavy atom. The number of Topliss-reactive ketones (excluding diaryl/α,β-unsaturated/α-hetero) is 1. The number of unbranched alkanes of at least 4 members (excludes halogenated alkanes) is 13. The van der Waals surface area contributed by atoms with Crippen molar-refractivity contribution in [2.75, 3.05) is 11.9 Å². The number of carbonyl (C=O) groups excluding carboxylic acids is 2. The highest BCUT2D eigenvalue weighted by molar-refractivity contribution is 7.89. The highest BCUT2D eigenvalue weighted by Crippen LogP contribution is 2.30. The first-order valence-corrected chi connectivity index (χ1v) is 15.5. The maximum absolute atomic E-state index is 12.6. The van der Waals surface area contributed by atoms with E-state index in [0.29, 0.717) is 31.6 Å². The van der Waals surface area contributed by atoms with Gasteiger partial charge in [0.1, 0.15) is 11.5 Å². The van der Waals surface area contributed by atoms with Gasteiger partial charge in [-0.15, -0.1) is 0 Å². The SMILES string of the molecule is CCCCCCCCCCCCCCCCOc1ccc(S(N)(=O)=O)cc1NC(=O)C1CCCC1=O. The summed E-state index contributed by atoms with van der Waals surface area (Å²) in [6.45, 7) is 2.72. The molecule has 204 valence electrons. The fourth-order valence-corrected chi connectivity index (χ4v) is 5.24. The molecule has 0 heterocycles. The number of anilines is 1. The Labute approximate surface area is 218 Å². The van der Waals surface area contributed by atoms with Crippen molar-refractivity contribution in [3.05, 3.63) is 18.2 Å². The number of amides is 1. The van der Waals surface area contributed by atoms with Crippen LogP contribution in [0, 0.1) is 5.92 Å². The fourth-order valence-electron chi connectivity index (χ4n) is 4.70. The zero-order valence-electron chi connectivity index (χ0n) is 22.1. The zero-order chi connectivity index (χ0) is 26.2. The number of primary sulfonamides is 1. The topological polar surface area (TPSA) is 116 Å². The summed E-state index contributed by atoms with van der Waals surface area (Å²) in [6, 6.07) is 4.18. The summed E-state index contributed by atoms with van der Waals surface area (Å²) in [5.41, 5.74) is 0.233. The van der Waals surface area contributed by atoms with Crippen LogP contribution in [0.4, 0.5) is 5.69 Å². The average Bonchev–Trinajstić information content (AvgIpc) is 3.27. The Morgan fingerprint density at radius 1 is 0.944 bits per heavy atom. The van der Waals surface area contributed by atoms with E-state index in [4.69, 9.17) is 9.88 Å². The Kier molecular flexibility index (Phi) is 14.1. The minimum Gasteiger partial charge on any atom is -0.491 e. The lowest BCUT2D eigenvalue weighted by atomic mass is 10.0. The van der Waals surface area contributed by atoms with Crippen LogP contribution < -0.4 is 15.2 Å². The van der Waals surface area contributed by atoms with Crippen molar-refractivity contribution < 1.29 is 22.7 Å². The Hall–Kier alpha value is -1.93. The molecule has 1 saturated carbocycles. The molecule has 8 heteroatoms. The monoisotopic (exact) mass is 522 g/mol. The van der Waals surface area contributed by atoms with Crippen molar-refractivity contribution in [2.24, 2.45) is 11.1 Å². The van der Waals surface area contributed by atoms with Gasteiger partial charge in [-0.3, -0.25) is 9.59 Å². The summed E-state index contributed by atoms with van der Waals surface area (Å²) in [6.07, 6.45) is 19.4. The molecule has 1 aliphatic rings. The molecule has 0 radical (unpaired) electrons. The smallest absolute Gasteiger partial charge is 0.238 e. The molecule has 1 unspecified atom stereocenters. The standard InChI is InChI=1S/C28H46N2O5S/c1-2-3-4-5-6-7-8-9-10-11-12-13-14-15-21-35-27-20-19-23(36(29,33)34)22-25(27)30-28(32)24-17-16-18-26(24)31/h19-20,22,24H,2-18,21H2,1H3,(H,30,32)(H2,29,33,34). The lowest BCUT2D eigenvalue weighted by molar-refractivity contribution is -0.129. The summed E-state index contributed by atoms with van der Waals surface area (Å²) < 4.78 is 29.4. The van der Waals surface area contributed by atoms with E-state index in [-0.39, 0.29) is 16.4 Å². The molecule has 1 aromatic rings. The fraction of sp³-hybridized carbons (Fsp3) is 0.714. The highest BCUT2D eigenvalue weighted by Gasteiger charge is 2.31. The number of nitrogens with two attached hydrogens (primary N) is 1. The minimum atomic E-state index is -3.93. The molecule has 1 aromatic carbocycles. The van der Waals surface area contributed by atoms with Crippen LogP contribution in [-0.2, 0) is 19.6 Å². The number of carbonyl (C=O) groups is 2. The molecule has 1 fully saturated rings. The first-order valence-electron chi connectivity index (χ1n) is 14.0. The summed E-state index contributed by atoms with van der Waals surface area (Å²) in [5, 5.41) is 7.94. The van der Waals surface area contributed by atoms with E-state index in [1.807, 2.05) is 0 Å². The minimum absolute atomic E-state index is 0.0834. The Bertz CT molecular complexity index is 917. The predicted molar refractivity (Wildman–Crippen MR) is 145 cm³/mol. The second-order valence-electron chi connectivity index (χ2n) is 10.0. The first-order chi connectivity index (χ1) is 17.3. The number of hydrogen-bond acceptors (Lipinski definition) is 5. The number of nitrogens with one attached hydrogen (secondary N) is 1. The van der Waals surface area contributed by atoms with Gasteiger partial charge >= 0.3 is 0 Å². The number of ketones is 1. The van der Waals surface area contributed by atoms with Crippen molar-refractivity contribution in [1.29, 1.82) is 0 Å². The van der Waals surface area contributed by atoms with Gasteiger partial charge in [-0.25, -0.2) is 13.6 Å². The quantitative estimate of drug-likeness (QED) is 0.159. The molecule has 1 atom stereocenters. The van der Waals surface area contributed by atoms with Crippen LogP contribution in [0.1, 0.15) is 116 Å². The largest absolute Gasteiger partial charge is 0.491 e. The molecule has 0 aromatic heterocycles. The third-order valence-corrected chi connectivity index (χ3v) is 7.83. The van der Waals surface area contributed by atoms with Crippen LogP contribution in [0.5, 0.6) is 5.75 Å². The molecule has 2 rings (SSSR count). The molecule has 1 aliphatic carbocycles. The van der Waals surface area contributed by atoms with E-state index in [0.717, 1.165) is 19.3 Å². The molecule has 36 heavy (non-hydrogen) atoms. The lowest BCUT2D eigenvalue weighted by Crippen LogP contribution is -2.26.